The third kappa shape index (κ3) is 3.42. The normalized spacial score (nSPS) is 10.5. The lowest BCUT2D eigenvalue weighted by Gasteiger charge is -2.08. The van der Waals surface area contributed by atoms with Gasteiger partial charge in [-0.25, -0.2) is 13.5 Å². The van der Waals surface area contributed by atoms with Crippen LogP contribution in [0.1, 0.15) is 5.56 Å². The maximum Gasteiger partial charge on any atom is 0.228 e. The van der Waals surface area contributed by atoms with E-state index < -0.39 is 17.5 Å². The van der Waals surface area contributed by atoms with E-state index in [2.05, 4.69) is 10.4 Å². The maximum atomic E-state index is 14.1. The van der Waals surface area contributed by atoms with Gasteiger partial charge in [-0.05, 0) is 35.9 Å². The lowest BCUT2D eigenvalue weighted by atomic mass is 10.1. The molecule has 1 aromatic heterocycles. The topological polar surface area (TPSA) is 46.9 Å². The Hall–Kier alpha value is -3.02. The second-order valence-electron chi connectivity index (χ2n) is 4.93. The lowest BCUT2D eigenvalue weighted by molar-refractivity contribution is -0.115. The molecule has 0 aliphatic carbocycles. The molecule has 23 heavy (non-hydrogen) atoms. The monoisotopic (exact) mass is 313 g/mol. The van der Waals surface area contributed by atoms with Gasteiger partial charge in [-0.15, -0.1) is 0 Å². The van der Waals surface area contributed by atoms with E-state index in [1.165, 1.54) is 28.9 Å². The molecule has 0 aliphatic rings. The van der Waals surface area contributed by atoms with Gasteiger partial charge in [0.15, 0.2) is 5.82 Å². The Balaban J connectivity index is 1.72. The summed E-state index contributed by atoms with van der Waals surface area (Å²) in [7, 11) is 0. The van der Waals surface area contributed by atoms with E-state index in [4.69, 9.17) is 0 Å². The van der Waals surface area contributed by atoms with Gasteiger partial charge in [0.1, 0.15) is 11.5 Å². The molecule has 1 amide bonds. The molecule has 0 saturated heterocycles. The summed E-state index contributed by atoms with van der Waals surface area (Å²) < 4.78 is 29.0. The van der Waals surface area contributed by atoms with Crippen molar-refractivity contribution >= 4 is 11.6 Å². The van der Waals surface area contributed by atoms with Crippen molar-refractivity contribution < 1.29 is 13.6 Å². The number of halogens is 2. The molecule has 4 nitrogen and oxygen atoms in total. The average molecular weight is 313 g/mol. The number of nitrogens with one attached hydrogen (secondary N) is 1. The summed E-state index contributed by atoms with van der Waals surface area (Å²) in [6.07, 6.45) is 3.05. The number of aromatic nitrogens is 2. The zero-order chi connectivity index (χ0) is 16.2. The lowest BCUT2D eigenvalue weighted by Crippen LogP contribution is -2.15. The Morgan fingerprint density at radius 3 is 2.61 bits per heavy atom. The Kier molecular flexibility index (Phi) is 4.14. The maximum absolute atomic E-state index is 14.1. The molecule has 0 radical (unpaired) electrons. The Bertz CT molecular complexity index is 832. The van der Waals surface area contributed by atoms with Crippen LogP contribution in [0.3, 0.4) is 0 Å². The molecule has 1 N–H and O–H groups in total. The molecule has 3 rings (SSSR count). The van der Waals surface area contributed by atoms with E-state index in [9.17, 15) is 13.6 Å². The highest BCUT2D eigenvalue weighted by Gasteiger charge is 2.10. The number of hydrogen-bond acceptors (Lipinski definition) is 2. The molecule has 0 bridgehead atoms. The zero-order valence-electron chi connectivity index (χ0n) is 12.0. The molecule has 3 aromatic rings. The predicted octanol–water partition coefficient (Wildman–Crippen LogP) is 3.33. The quantitative estimate of drug-likeness (QED) is 0.803. The van der Waals surface area contributed by atoms with Crippen LogP contribution in [-0.2, 0) is 11.2 Å². The largest absolute Gasteiger partial charge is 0.326 e. The van der Waals surface area contributed by atoms with Crippen molar-refractivity contribution in [1.29, 1.82) is 0 Å². The van der Waals surface area contributed by atoms with Crippen LogP contribution in [0.5, 0.6) is 0 Å². The molecule has 116 valence electrons. The van der Waals surface area contributed by atoms with Gasteiger partial charge in [0.25, 0.3) is 0 Å². The van der Waals surface area contributed by atoms with Crippen molar-refractivity contribution in [3.63, 3.8) is 0 Å². The van der Waals surface area contributed by atoms with Gasteiger partial charge in [-0.2, -0.15) is 5.10 Å². The third-order valence-electron chi connectivity index (χ3n) is 3.29. The van der Waals surface area contributed by atoms with Crippen LogP contribution in [-0.4, -0.2) is 15.7 Å². The van der Waals surface area contributed by atoms with E-state index >= 15 is 0 Å². The van der Waals surface area contributed by atoms with Crippen LogP contribution in [0, 0.1) is 11.6 Å². The van der Waals surface area contributed by atoms with Crippen LogP contribution in [0.25, 0.3) is 5.69 Å². The summed E-state index contributed by atoms with van der Waals surface area (Å²) in [5, 5.41) is 6.51. The molecule has 6 heteroatoms. The van der Waals surface area contributed by atoms with Gasteiger partial charge < -0.3 is 5.32 Å². The van der Waals surface area contributed by atoms with Gasteiger partial charge in [-0.1, -0.05) is 18.2 Å². The third-order valence-corrected chi connectivity index (χ3v) is 3.29. The summed E-state index contributed by atoms with van der Waals surface area (Å²) >= 11 is 0. The van der Waals surface area contributed by atoms with Gasteiger partial charge in [0.2, 0.25) is 5.91 Å². The number of amides is 1. The molecular formula is C17H13F2N3O. The standard InChI is InChI=1S/C17H13F2N3O/c18-14-5-2-1-4-12(14)10-17(23)21-13-6-7-16(15(19)11-13)22-9-3-8-20-22/h1-9,11H,10H2,(H,21,23). The first-order valence-electron chi connectivity index (χ1n) is 6.96. The zero-order valence-corrected chi connectivity index (χ0v) is 12.0. The van der Waals surface area contributed by atoms with Gasteiger partial charge >= 0.3 is 0 Å². The van der Waals surface area contributed by atoms with E-state index in [0.717, 1.165) is 0 Å². The first kappa shape index (κ1) is 14.9. The van der Waals surface area contributed by atoms with Gasteiger partial charge in [0, 0.05) is 18.1 Å². The summed E-state index contributed by atoms with van der Waals surface area (Å²) in [6.45, 7) is 0. The minimum Gasteiger partial charge on any atom is -0.326 e. The molecular weight excluding hydrogens is 300 g/mol. The fourth-order valence-corrected chi connectivity index (χ4v) is 2.20. The van der Waals surface area contributed by atoms with Gasteiger partial charge in [-0.3, -0.25) is 4.79 Å². The van der Waals surface area contributed by atoms with Crippen molar-refractivity contribution in [2.24, 2.45) is 0 Å². The van der Waals surface area contributed by atoms with E-state index in [0.29, 0.717) is 11.3 Å². The van der Waals surface area contributed by atoms with E-state index in [1.54, 1.807) is 36.7 Å². The second kappa shape index (κ2) is 6.39. The van der Waals surface area contributed by atoms with Crippen LogP contribution >= 0.6 is 0 Å². The Morgan fingerprint density at radius 2 is 1.91 bits per heavy atom. The van der Waals surface area contributed by atoms with Crippen molar-refractivity contribution in [2.75, 3.05) is 5.32 Å². The molecule has 2 aromatic carbocycles. The summed E-state index contributed by atoms with van der Waals surface area (Å²) in [4.78, 5) is 11.9. The average Bonchev–Trinajstić information content (AvgIpc) is 3.04. The minimum atomic E-state index is -0.516. The number of anilines is 1. The van der Waals surface area contributed by atoms with Crippen molar-refractivity contribution in [3.8, 4) is 5.69 Å². The molecule has 0 unspecified atom stereocenters. The van der Waals surface area contributed by atoms with Crippen LogP contribution in [0.2, 0.25) is 0 Å². The second-order valence-corrected chi connectivity index (χ2v) is 4.93. The smallest absolute Gasteiger partial charge is 0.228 e. The van der Waals surface area contributed by atoms with Crippen molar-refractivity contribution in [1.82, 2.24) is 9.78 Å². The molecule has 0 atom stereocenters. The highest BCUT2D eigenvalue weighted by molar-refractivity contribution is 5.92. The fraction of sp³-hybridized carbons (Fsp3) is 0.0588. The first-order valence-corrected chi connectivity index (χ1v) is 6.96. The number of carbonyl (C=O) groups excluding carboxylic acids is 1. The SMILES string of the molecule is O=C(Cc1ccccc1F)Nc1ccc(-n2cccn2)c(F)c1. The highest BCUT2D eigenvalue weighted by atomic mass is 19.1. The van der Waals surface area contributed by atoms with Crippen LogP contribution < -0.4 is 5.32 Å². The van der Waals surface area contributed by atoms with Crippen LogP contribution in [0.15, 0.2) is 60.9 Å². The van der Waals surface area contributed by atoms with Crippen molar-refractivity contribution in [3.05, 3.63) is 78.1 Å². The summed E-state index contributed by atoms with van der Waals surface area (Å²) in [5.74, 6) is -1.37. The van der Waals surface area contributed by atoms with E-state index in [-0.39, 0.29) is 12.1 Å². The Morgan fingerprint density at radius 1 is 1.09 bits per heavy atom. The predicted molar refractivity (Wildman–Crippen MR) is 82.3 cm³/mol. The van der Waals surface area contributed by atoms with Gasteiger partial charge in [0.05, 0.1) is 6.42 Å². The number of benzene rings is 2. The van der Waals surface area contributed by atoms with E-state index in [1.807, 2.05) is 0 Å². The number of carbonyl (C=O) groups is 1. The van der Waals surface area contributed by atoms with Crippen molar-refractivity contribution in [2.45, 2.75) is 6.42 Å². The molecule has 0 fully saturated rings. The number of nitrogens with zero attached hydrogens (tertiary/aromatic N) is 2. The molecule has 1 heterocycles. The Labute approximate surface area is 131 Å². The first-order chi connectivity index (χ1) is 11.1. The number of hydrogen-bond donors (Lipinski definition) is 1. The van der Waals surface area contributed by atoms with Crippen LogP contribution in [0.4, 0.5) is 14.5 Å². The molecule has 0 saturated carbocycles. The number of rotatable bonds is 4. The molecule has 0 spiro atoms. The summed E-state index contributed by atoms with van der Waals surface area (Å²) in [5.41, 5.74) is 0.875. The minimum absolute atomic E-state index is 0.116. The molecule has 0 aliphatic heterocycles. The summed E-state index contributed by atoms with van der Waals surface area (Å²) in [6, 6.07) is 12.0. The highest BCUT2D eigenvalue weighted by Crippen LogP contribution is 2.18. The fourth-order valence-electron chi connectivity index (χ4n) is 2.20.